The molecule has 0 aliphatic rings. The molecule has 0 saturated heterocycles. The molecule has 2 heterocycles. The third-order valence-corrected chi connectivity index (χ3v) is 4.45. The van der Waals surface area contributed by atoms with Gasteiger partial charge in [-0.2, -0.15) is 10.1 Å². The van der Waals surface area contributed by atoms with Gasteiger partial charge in [0.1, 0.15) is 0 Å². The zero-order valence-electron chi connectivity index (χ0n) is 16.3. The monoisotopic (exact) mass is 367 g/mol. The van der Waals surface area contributed by atoms with Crippen molar-refractivity contribution >= 4 is 11.9 Å². The van der Waals surface area contributed by atoms with Crippen LogP contribution in [0, 0.1) is 0 Å². The van der Waals surface area contributed by atoms with Crippen molar-refractivity contribution in [2.24, 2.45) is 14.1 Å². The highest BCUT2D eigenvalue weighted by Gasteiger charge is 2.18. The molecule has 1 amide bonds. The van der Waals surface area contributed by atoms with Gasteiger partial charge in [0.25, 0.3) is 5.91 Å². The van der Waals surface area contributed by atoms with Crippen LogP contribution in [-0.4, -0.2) is 44.5 Å². The van der Waals surface area contributed by atoms with E-state index in [0.717, 1.165) is 23.6 Å². The number of nitrogens with zero attached hydrogens (tertiary/aromatic N) is 6. The number of hydrogen-bond acceptors (Lipinski definition) is 5. The lowest BCUT2D eigenvalue weighted by molar-refractivity contribution is 0.0934. The Morgan fingerprint density at radius 3 is 2.59 bits per heavy atom. The maximum Gasteiger partial charge on any atom is 0.251 e. The minimum absolute atomic E-state index is 0.0954. The average molecular weight is 367 g/mol. The first kappa shape index (κ1) is 18.6. The average Bonchev–Trinajstić information content (AvgIpc) is 3.25. The second kappa shape index (κ2) is 7.61. The molecule has 0 bridgehead atoms. The highest BCUT2D eigenvalue weighted by atomic mass is 16.1. The van der Waals surface area contributed by atoms with Crippen molar-refractivity contribution < 1.29 is 4.79 Å². The standard InChI is InChI=1S/C19H25N7O/c1-6-15(16-10-11-20-25(16)4)21-18(27)14-9-7-8-13(12-14)17-22-19(24(2)3)26(5)23-17/h7-12,15H,6H2,1-5H3,(H,21,27)/t15-/m1/s1. The first-order chi connectivity index (χ1) is 12.9. The molecule has 0 fully saturated rings. The van der Waals surface area contributed by atoms with Gasteiger partial charge in [0.05, 0.1) is 11.7 Å². The van der Waals surface area contributed by atoms with Crippen molar-refractivity contribution in [1.82, 2.24) is 29.9 Å². The van der Waals surface area contributed by atoms with E-state index in [2.05, 4.69) is 20.5 Å². The normalized spacial score (nSPS) is 12.0. The summed E-state index contributed by atoms with van der Waals surface area (Å²) >= 11 is 0. The molecule has 0 saturated carbocycles. The first-order valence-corrected chi connectivity index (χ1v) is 8.88. The minimum Gasteiger partial charge on any atom is -0.347 e. The SMILES string of the molecule is CC[C@@H](NC(=O)c1cccc(-c2nc(N(C)C)n(C)n2)c1)c1ccnn1C. The van der Waals surface area contributed by atoms with Crippen molar-refractivity contribution in [3.63, 3.8) is 0 Å². The second-order valence-electron chi connectivity index (χ2n) is 6.65. The van der Waals surface area contributed by atoms with Crippen molar-refractivity contribution in [2.45, 2.75) is 19.4 Å². The lowest BCUT2D eigenvalue weighted by Crippen LogP contribution is -2.29. The number of aromatic nitrogens is 5. The van der Waals surface area contributed by atoms with E-state index in [9.17, 15) is 4.79 Å². The van der Waals surface area contributed by atoms with Gasteiger partial charge in [0.15, 0.2) is 5.82 Å². The summed E-state index contributed by atoms with van der Waals surface area (Å²) in [5.74, 6) is 1.21. The molecule has 0 radical (unpaired) electrons. The molecule has 0 unspecified atom stereocenters. The zero-order valence-corrected chi connectivity index (χ0v) is 16.3. The van der Waals surface area contributed by atoms with E-state index in [1.165, 1.54) is 0 Å². The summed E-state index contributed by atoms with van der Waals surface area (Å²) in [4.78, 5) is 19.2. The topological polar surface area (TPSA) is 80.9 Å². The molecule has 0 aliphatic carbocycles. The predicted octanol–water partition coefficient (Wildman–Crippen LogP) is 2.16. The first-order valence-electron chi connectivity index (χ1n) is 8.88. The molecule has 8 nitrogen and oxygen atoms in total. The third kappa shape index (κ3) is 3.84. The van der Waals surface area contributed by atoms with Crippen molar-refractivity contribution in [3.8, 4) is 11.4 Å². The van der Waals surface area contributed by atoms with Gasteiger partial charge in [-0.1, -0.05) is 19.1 Å². The number of anilines is 1. The summed E-state index contributed by atoms with van der Waals surface area (Å²) in [6.45, 7) is 2.04. The van der Waals surface area contributed by atoms with Gasteiger partial charge in [0, 0.05) is 45.5 Å². The van der Waals surface area contributed by atoms with Crippen molar-refractivity contribution in [3.05, 3.63) is 47.8 Å². The van der Waals surface area contributed by atoms with Crippen LogP contribution in [0.25, 0.3) is 11.4 Å². The highest BCUT2D eigenvalue weighted by Crippen LogP contribution is 2.21. The van der Waals surface area contributed by atoms with Crippen molar-refractivity contribution in [1.29, 1.82) is 0 Å². The molecule has 0 spiro atoms. The molecule has 142 valence electrons. The van der Waals surface area contributed by atoms with Crippen molar-refractivity contribution in [2.75, 3.05) is 19.0 Å². The molecular weight excluding hydrogens is 342 g/mol. The van der Waals surface area contributed by atoms with Gasteiger partial charge in [0.2, 0.25) is 5.95 Å². The summed E-state index contributed by atoms with van der Waals surface area (Å²) in [6, 6.07) is 9.20. The Morgan fingerprint density at radius 1 is 1.22 bits per heavy atom. The molecule has 0 aliphatic heterocycles. The molecule has 3 rings (SSSR count). The Hall–Kier alpha value is -3.16. The van der Waals surface area contributed by atoms with Gasteiger partial charge in [-0.25, -0.2) is 4.68 Å². The number of carbonyl (C=O) groups is 1. The number of carbonyl (C=O) groups excluding carboxylic acids is 1. The third-order valence-electron chi connectivity index (χ3n) is 4.45. The fourth-order valence-electron chi connectivity index (χ4n) is 3.04. The molecule has 3 aromatic rings. The molecule has 1 aromatic carbocycles. The number of hydrogen-bond donors (Lipinski definition) is 1. The highest BCUT2D eigenvalue weighted by molar-refractivity contribution is 5.95. The molecular formula is C19H25N7O. The number of nitrogens with one attached hydrogen (secondary N) is 1. The Bertz CT molecular complexity index is 941. The molecule has 8 heteroatoms. The quantitative estimate of drug-likeness (QED) is 0.722. The maximum absolute atomic E-state index is 12.8. The lowest BCUT2D eigenvalue weighted by atomic mass is 10.1. The summed E-state index contributed by atoms with van der Waals surface area (Å²) in [5, 5.41) is 11.7. The largest absolute Gasteiger partial charge is 0.347 e. The zero-order chi connectivity index (χ0) is 19.6. The minimum atomic E-state index is -0.131. The molecule has 1 atom stereocenters. The van der Waals surface area contributed by atoms with Crippen LogP contribution in [0.2, 0.25) is 0 Å². The Balaban J connectivity index is 1.83. The summed E-state index contributed by atoms with van der Waals surface area (Å²) in [7, 11) is 7.56. The number of rotatable bonds is 6. The lowest BCUT2D eigenvalue weighted by Gasteiger charge is -2.17. The number of aryl methyl sites for hydroxylation is 2. The van der Waals surface area contributed by atoms with Gasteiger partial charge in [-0.15, -0.1) is 5.10 Å². The van der Waals surface area contributed by atoms with E-state index < -0.39 is 0 Å². The second-order valence-corrected chi connectivity index (χ2v) is 6.65. The van der Waals surface area contributed by atoms with Crippen LogP contribution in [0.15, 0.2) is 36.5 Å². The summed E-state index contributed by atoms with van der Waals surface area (Å²) in [5.41, 5.74) is 2.36. The Kier molecular flexibility index (Phi) is 5.25. The van der Waals surface area contributed by atoms with E-state index in [4.69, 9.17) is 0 Å². The molecule has 2 aromatic heterocycles. The molecule has 1 N–H and O–H groups in total. The van der Waals surface area contributed by atoms with E-state index in [-0.39, 0.29) is 11.9 Å². The van der Waals surface area contributed by atoms with E-state index in [0.29, 0.717) is 11.4 Å². The van der Waals surface area contributed by atoms with Crippen LogP contribution in [0.1, 0.15) is 35.4 Å². The predicted molar refractivity (Wildman–Crippen MR) is 104 cm³/mol. The van der Waals surface area contributed by atoms with Crippen LogP contribution in [0.4, 0.5) is 5.95 Å². The van der Waals surface area contributed by atoms with E-state index in [1.54, 1.807) is 21.6 Å². The fourth-order valence-corrected chi connectivity index (χ4v) is 3.04. The number of amides is 1. The van der Waals surface area contributed by atoms with E-state index in [1.807, 2.05) is 64.3 Å². The van der Waals surface area contributed by atoms with Gasteiger partial charge in [-0.05, 0) is 24.6 Å². The number of benzene rings is 1. The Labute approximate surface area is 158 Å². The van der Waals surface area contributed by atoms with Gasteiger partial charge in [-0.3, -0.25) is 9.48 Å². The summed E-state index contributed by atoms with van der Waals surface area (Å²) < 4.78 is 3.50. The van der Waals surface area contributed by atoms with Gasteiger partial charge < -0.3 is 10.2 Å². The van der Waals surface area contributed by atoms with E-state index >= 15 is 0 Å². The van der Waals surface area contributed by atoms with Crippen LogP contribution in [-0.2, 0) is 14.1 Å². The summed E-state index contributed by atoms with van der Waals surface area (Å²) in [6.07, 6.45) is 2.51. The van der Waals surface area contributed by atoms with Gasteiger partial charge >= 0.3 is 0 Å². The van der Waals surface area contributed by atoms with Crippen LogP contribution < -0.4 is 10.2 Å². The Morgan fingerprint density at radius 2 is 2.00 bits per heavy atom. The fraction of sp³-hybridized carbons (Fsp3) is 0.368. The van der Waals surface area contributed by atoms with Crippen LogP contribution in [0.5, 0.6) is 0 Å². The van der Waals surface area contributed by atoms with Crippen LogP contribution >= 0.6 is 0 Å². The smallest absolute Gasteiger partial charge is 0.251 e. The van der Waals surface area contributed by atoms with Crippen LogP contribution in [0.3, 0.4) is 0 Å². The maximum atomic E-state index is 12.8. The molecule has 27 heavy (non-hydrogen) atoms.